The van der Waals surface area contributed by atoms with Crippen molar-refractivity contribution in [1.82, 2.24) is 10.3 Å². The minimum Gasteiger partial charge on any atom is -0.481 e. The summed E-state index contributed by atoms with van der Waals surface area (Å²) in [6.07, 6.45) is 1.91. The first-order valence-electron chi connectivity index (χ1n) is 7.19. The van der Waals surface area contributed by atoms with E-state index in [0.717, 1.165) is 11.1 Å². The first kappa shape index (κ1) is 16.5. The molecule has 6 heteroatoms. The number of amides is 2. The van der Waals surface area contributed by atoms with E-state index in [-0.39, 0.29) is 18.2 Å². The number of carbonyl (C=O) groups is 2. The molecule has 2 amide bonds. The van der Waals surface area contributed by atoms with E-state index in [2.05, 4.69) is 15.6 Å². The number of rotatable bonds is 6. The molecule has 0 unspecified atom stereocenters. The lowest BCUT2D eigenvalue weighted by Crippen LogP contribution is -2.24. The number of ether oxygens (including phenoxy) is 1. The van der Waals surface area contributed by atoms with Gasteiger partial charge in [0.2, 0.25) is 17.7 Å². The van der Waals surface area contributed by atoms with Gasteiger partial charge in [-0.3, -0.25) is 9.59 Å². The Kier molecular flexibility index (Phi) is 5.68. The minimum absolute atomic E-state index is 0.0943. The molecule has 23 heavy (non-hydrogen) atoms. The summed E-state index contributed by atoms with van der Waals surface area (Å²) in [5.41, 5.74) is 2.40. The van der Waals surface area contributed by atoms with Crippen LogP contribution >= 0.6 is 0 Å². The molecule has 1 heterocycles. The molecule has 0 saturated heterocycles. The highest BCUT2D eigenvalue weighted by atomic mass is 16.5. The fourth-order valence-corrected chi connectivity index (χ4v) is 2.09. The highest BCUT2D eigenvalue weighted by Gasteiger charge is 2.07. The summed E-state index contributed by atoms with van der Waals surface area (Å²) in [6, 6.07) is 10.8. The Hall–Kier alpha value is -2.89. The van der Waals surface area contributed by atoms with Gasteiger partial charge in [-0.05, 0) is 23.8 Å². The van der Waals surface area contributed by atoms with Crippen molar-refractivity contribution in [1.29, 1.82) is 0 Å². The van der Waals surface area contributed by atoms with E-state index < -0.39 is 0 Å². The number of carbonyl (C=O) groups excluding carboxylic acids is 2. The number of anilines is 1. The molecule has 2 aromatic rings. The second kappa shape index (κ2) is 7.93. The van der Waals surface area contributed by atoms with E-state index in [1.165, 1.54) is 6.92 Å². The Morgan fingerprint density at radius 2 is 1.91 bits per heavy atom. The molecule has 0 aliphatic heterocycles. The predicted molar refractivity (Wildman–Crippen MR) is 87.1 cm³/mol. The van der Waals surface area contributed by atoms with Crippen LogP contribution in [0.15, 0.2) is 42.6 Å². The highest BCUT2D eigenvalue weighted by molar-refractivity contribution is 5.88. The largest absolute Gasteiger partial charge is 0.481 e. The SMILES string of the molecule is COc1ncccc1CNC(=O)Cc1ccc(NC(C)=O)cc1. The number of hydrogen-bond acceptors (Lipinski definition) is 4. The maximum Gasteiger partial charge on any atom is 0.224 e. The molecule has 0 fully saturated rings. The first-order chi connectivity index (χ1) is 11.1. The number of nitrogens with zero attached hydrogens (tertiary/aromatic N) is 1. The monoisotopic (exact) mass is 313 g/mol. The number of methoxy groups -OCH3 is 1. The maximum absolute atomic E-state index is 12.0. The van der Waals surface area contributed by atoms with E-state index >= 15 is 0 Å². The van der Waals surface area contributed by atoms with Crippen LogP contribution in [0.5, 0.6) is 5.88 Å². The zero-order chi connectivity index (χ0) is 16.7. The van der Waals surface area contributed by atoms with E-state index in [1.54, 1.807) is 31.5 Å². The molecular formula is C17H19N3O3. The average molecular weight is 313 g/mol. The van der Waals surface area contributed by atoms with Gasteiger partial charge in [0.15, 0.2) is 0 Å². The van der Waals surface area contributed by atoms with Crippen LogP contribution in [0, 0.1) is 0 Å². The van der Waals surface area contributed by atoms with Gasteiger partial charge in [0, 0.05) is 30.9 Å². The smallest absolute Gasteiger partial charge is 0.224 e. The fraction of sp³-hybridized carbons (Fsp3) is 0.235. The van der Waals surface area contributed by atoms with Crippen LogP contribution in [0.2, 0.25) is 0 Å². The number of hydrogen-bond donors (Lipinski definition) is 2. The predicted octanol–water partition coefficient (Wildman–Crippen LogP) is 1.91. The molecule has 0 spiro atoms. The first-order valence-corrected chi connectivity index (χ1v) is 7.19. The summed E-state index contributed by atoms with van der Waals surface area (Å²) in [7, 11) is 1.55. The lowest BCUT2D eigenvalue weighted by Gasteiger charge is -2.09. The Morgan fingerprint density at radius 3 is 2.57 bits per heavy atom. The standard InChI is InChI=1S/C17H19N3O3/c1-12(21)20-15-7-5-13(6-8-15)10-16(22)19-11-14-4-3-9-18-17(14)23-2/h3-9H,10-11H2,1-2H3,(H,19,22)(H,20,21). The molecule has 0 aliphatic rings. The van der Waals surface area contributed by atoms with Crippen molar-refractivity contribution >= 4 is 17.5 Å². The quantitative estimate of drug-likeness (QED) is 0.853. The number of pyridine rings is 1. The normalized spacial score (nSPS) is 10.0. The molecule has 120 valence electrons. The third kappa shape index (κ3) is 5.10. The van der Waals surface area contributed by atoms with Crippen LogP contribution < -0.4 is 15.4 Å². The van der Waals surface area contributed by atoms with Crippen molar-refractivity contribution in [2.75, 3.05) is 12.4 Å². The molecule has 0 saturated carbocycles. The second-order valence-corrected chi connectivity index (χ2v) is 5.00. The Labute approximate surface area is 134 Å². The van der Waals surface area contributed by atoms with Crippen LogP contribution in [0.4, 0.5) is 5.69 Å². The zero-order valence-electron chi connectivity index (χ0n) is 13.1. The van der Waals surface area contributed by atoms with Crippen LogP contribution in [-0.2, 0) is 22.6 Å². The number of nitrogens with one attached hydrogen (secondary N) is 2. The van der Waals surface area contributed by atoms with Crippen molar-refractivity contribution < 1.29 is 14.3 Å². The Bertz CT molecular complexity index is 684. The summed E-state index contributed by atoms with van der Waals surface area (Å²) in [5.74, 6) is 0.288. The summed E-state index contributed by atoms with van der Waals surface area (Å²) >= 11 is 0. The molecule has 0 bridgehead atoms. The Balaban J connectivity index is 1.88. The topological polar surface area (TPSA) is 80.3 Å². The van der Waals surface area contributed by atoms with E-state index in [4.69, 9.17) is 4.74 Å². The van der Waals surface area contributed by atoms with Gasteiger partial charge in [0.25, 0.3) is 0 Å². The molecule has 2 rings (SSSR count). The molecule has 0 atom stereocenters. The van der Waals surface area contributed by atoms with Gasteiger partial charge in [0.1, 0.15) is 0 Å². The summed E-state index contributed by atoms with van der Waals surface area (Å²) in [6.45, 7) is 1.81. The van der Waals surface area contributed by atoms with Gasteiger partial charge < -0.3 is 15.4 Å². The fourth-order valence-electron chi connectivity index (χ4n) is 2.09. The van der Waals surface area contributed by atoms with Gasteiger partial charge in [-0.1, -0.05) is 18.2 Å². The summed E-state index contributed by atoms with van der Waals surface area (Å²) < 4.78 is 5.14. The number of benzene rings is 1. The summed E-state index contributed by atoms with van der Waals surface area (Å²) in [4.78, 5) is 27.0. The van der Waals surface area contributed by atoms with Crippen molar-refractivity contribution in [2.24, 2.45) is 0 Å². The van der Waals surface area contributed by atoms with Crippen molar-refractivity contribution in [2.45, 2.75) is 19.9 Å². The Morgan fingerprint density at radius 1 is 1.17 bits per heavy atom. The van der Waals surface area contributed by atoms with Crippen molar-refractivity contribution in [3.05, 3.63) is 53.7 Å². The van der Waals surface area contributed by atoms with Gasteiger partial charge in [-0.15, -0.1) is 0 Å². The van der Waals surface area contributed by atoms with Gasteiger partial charge in [-0.2, -0.15) is 0 Å². The molecule has 2 N–H and O–H groups in total. The van der Waals surface area contributed by atoms with Gasteiger partial charge in [0.05, 0.1) is 13.5 Å². The van der Waals surface area contributed by atoms with Gasteiger partial charge >= 0.3 is 0 Å². The van der Waals surface area contributed by atoms with E-state index in [1.807, 2.05) is 18.2 Å². The van der Waals surface area contributed by atoms with E-state index in [0.29, 0.717) is 18.1 Å². The molecule has 0 aliphatic carbocycles. The van der Waals surface area contributed by atoms with Crippen LogP contribution in [0.25, 0.3) is 0 Å². The average Bonchev–Trinajstić information content (AvgIpc) is 2.54. The van der Waals surface area contributed by atoms with Crippen molar-refractivity contribution in [3.8, 4) is 5.88 Å². The third-order valence-electron chi connectivity index (χ3n) is 3.16. The van der Waals surface area contributed by atoms with Crippen molar-refractivity contribution in [3.63, 3.8) is 0 Å². The molecular weight excluding hydrogens is 294 g/mol. The van der Waals surface area contributed by atoms with Gasteiger partial charge in [-0.25, -0.2) is 4.98 Å². The van der Waals surface area contributed by atoms with Crippen LogP contribution in [0.1, 0.15) is 18.1 Å². The zero-order valence-corrected chi connectivity index (χ0v) is 13.1. The van der Waals surface area contributed by atoms with E-state index in [9.17, 15) is 9.59 Å². The summed E-state index contributed by atoms with van der Waals surface area (Å²) in [5, 5.41) is 5.52. The molecule has 0 radical (unpaired) electrons. The minimum atomic E-state index is -0.124. The molecule has 1 aromatic carbocycles. The lowest BCUT2D eigenvalue weighted by atomic mass is 10.1. The van der Waals surface area contributed by atoms with Crippen LogP contribution in [0.3, 0.4) is 0 Å². The van der Waals surface area contributed by atoms with Crippen LogP contribution in [-0.4, -0.2) is 23.9 Å². The third-order valence-corrected chi connectivity index (χ3v) is 3.16. The molecule has 6 nitrogen and oxygen atoms in total. The number of aromatic nitrogens is 1. The maximum atomic E-state index is 12.0. The lowest BCUT2D eigenvalue weighted by molar-refractivity contribution is -0.120. The molecule has 1 aromatic heterocycles. The second-order valence-electron chi connectivity index (χ2n) is 5.00. The highest BCUT2D eigenvalue weighted by Crippen LogP contribution is 2.13.